The summed E-state index contributed by atoms with van der Waals surface area (Å²) in [5, 5.41) is 1.41. The standard InChI is InChI=1S/C17H15ClN2O2/c1-2-11-7-12-8-14(18)16(9-15(12)20-17(11)21)22-10-13-5-3-4-6-19-13/h3-9H,2,10H2,1H3,(H,20,21). The van der Waals surface area contributed by atoms with Gasteiger partial charge in [0, 0.05) is 23.2 Å². The number of hydrogen-bond donors (Lipinski definition) is 1. The van der Waals surface area contributed by atoms with E-state index in [0.717, 1.165) is 16.6 Å². The Balaban J connectivity index is 1.93. The van der Waals surface area contributed by atoms with Crippen LogP contribution in [0.3, 0.4) is 0 Å². The molecule has 0 atom stereocenters. The smallest absolute Gasteiger partial charge is 0.251 e. The number of H-pyrrole nitrogens is 1. The Kier molecular flexibility index (Phi) is 4.11. The number of nitrogens with zero attached hydrogens (tertiary/aromatic N) is 1. The number of halogens is 1. The molecule has 1 N–H and O–H groups in total. The molecule has 3 rings (SSSR count). The van der Waals surface area contributed by atoms with Crippen LogP contribution in [0.2, 0.25) is 5.02 Å². The molecule has 1 aromatic carbocycles. The highest BCUT2D eigenvalue weighted by Crippen LogP contribution is 2.29. The van der Waals surface area contributed by atoms with E-state index in [1.54, 1.807) is 18.3 Å². The van der Waals surface area contributed by atoms with E-state index >= 15 is 0 Å². The van der Waals surface area contributed by atoms with Crippen LogP contribution < -0.4 is 10.3 Å². The monoisotopic (exact) mass is 314 g/mol. The second-order valence-electron chi connectivity index (χ2n) is 4.96. The number of fused-ring (bicyclic) bond motifs is 1. The highest BCUT2D eigenvalue weighted by Gasteiger charge is 2.08. The number of ether oxygens (including phenoxy) is 1. The Labute approximate surface area is 132 Å². The third kappa shape index (κ3) is 2.97. The molecule has 0 aliphatic carbocycles. The van der Waals surface area contributed by atoms with Crippen molar-refractivity contribution in [2.75, 3.05) is 0 Å². The molecule has 0 amide bonds. The summed E-state index contributed by atoms with van der Waals surface area (Å²) >= 11 is 6.27. The van der Waals surface area contributed by atoms with Crippen molar-refractivity contribution < 1.29 is 4.74 Å². The molecular formula is C17H15ClN2O2. The van der Waals surface area contributed by atoms with Crippen molar-refractivity contribution in [3.63, 3.8) is 0 Å². The van der Waals surface area contributed by atoms with Crippen LogP contribution in [0.15, 0.2) is 47.4 Å². The number of rotatable bonds is 4. The Morgan fingerprint density at radius 1 is 1.27 bits per heavy atom. The maximum absolute atomic E-state index is 11.9. The predicted molar refractivity (Wildman–Crippen MR) is 87.5 cm³/mol. The number of nitrogens with one attached hydrogen (secondary N) is 1. The second-order valence-corrected chi connectivity index (χ2v) is 5.36. The summed E-state index contributed by atoms with van der Waals surface area (Å²) in [7, 11) is 0. The molecule has 0 aliphatic rings. The molecule has 0 fully saturated rings. The van der Waals surface area contributed by atoms with E-state index in [9.17, 15) is 4.79 Å². The zero-order valence-corrected chi connectivity index (χ0v) is 12.9. The fraction of sp³-hybridized carbons (Fsp3) is 0.176. The van der Waals surface area contributed by atoms with E-state index in [1.165, 1.54) is 0 Å². The lowest BCUT2D eigenvalue weighted by Crippen LogP contribution is -2.11. The van der Waals surface area contributed by atoms with Crippen molar-refractivity contribution in [2.45, 2.75) is 20.0 Å². The maximum Gasteiger partial charge on any atom is 0.251 e. The topological polar surface area (TPSA) is 55.0 Å². The van der Waals surface area contributed by atoms with Gasteiger partial charge in [0.1, 0.15) is 12.4 Å². The van der Waals surface area contributed by atoms with Gasteiger partial charge in [-0.1, -0.05) is 24.6 Å². The first kappa shape index (κ1) is 14.6. The molecule has 0 saturated carbocycles. The van der Waals surface area contributed by atoms with Gasteiger partial charge in [-0.05, 0) is 30.7 Å². The first-order chi connectivity index (χ1) is 10.7. The zero-order valence-electron chi connectivity index (χ0n) is 12.1. The van der Waals surface area contributed by atoms with Gasteiger partial charge in [-0.25, -0.2) is 0 Å². The van der Waals surface area contributed by atoms with Crippen molar-refractivity contribution in [2.24, 2.45) is 0 Å². The minimum Gasteiger partial charge on any atom is -0.486 e. The summed E-state index contributed by atoms with van der Waals surface area (Å²) in [6.07, 6.45) is 2.39. The fourth-order valence-corrected chi connectivity index (χ4v) is 2.49. The van der Waals surface area contributed by atoms with Crippen LogP contribution in [0.4, 0.5) is 0 Å². The maximum atomic E-state index is 11.9. The number of hydrogen-bond acceptors (Lipinski definition) is 3. The lowest BCUT2D eigenvalue weighted by molar-refractivity contribution is 0.302. The first-order valence-electron chi connectivity index (χ1n) is 7.05. The SMILES string of the molecule is CCc1cc2cc(Cl)c(OCc3ccccn3)cc2[nH]c1=O. The van der Waals surface area contributed by atoms with Crippen LogP contribution in [0.25, 0.3) is 10.9 Å². The Morgan fingerprint density at radius 2 is 2.14 bits per heavy atom. The van der Waals surface area contributed by atoms with Crippen molar-refractivity contribution >= 4 is 22.5 Å². The highest BCUT2D eigenvalue weighted by atomic mass is 35.5. The molecule has 4 nitrogen and oxygen atoms in total. The minimum absolute atomic E-state index is 0.0759. The second kappa shape index (κ2) is 6.20. The Morgan fingerprint density at radius 3 is 2.86 bits per heavy atom. The number of aromatic nitrogens is 2. The highest BCUT2D eigenvalue weighted by molar-refractivity contribution is 6.32. The minimum atomic E-state index is -0.0759. The molecule has 0 spiro atoms. The third-order valence-corrected chi connectivity index (χ3v) is 3.75. The zero-order chi connectivity index (χ0) is 15.5. The summed E-state index contributed by atoms with van der Waals surface area (Å²) in [6, 6.07) is 11.0. The van der Waals surface area contributed by atoms with E-state index in [4.69, 9.17) is 16.3 Å². The molecule has 2 aromatic heterocycles. The van der Waals surface area contributed by atoms with Gasteiger partial charge in [-0.3, -0.25) is 9.78 Å². The summed E-state index contributed by atoms with van der Waals surface area (Å²) in [5.74, 6) is 0.528. The van der Waals surface area contributed by atoms with Gasteiger partial charge in [0.25, 0.3) is 5.56 Å². The molecule has 3 aromatic rings. The molecule has 0 radical (unpaired) electrons. The quantitative estimate of drug-likeness (QED) is 0.798. The Hall–Kier alpha value is -2.33. The predicted octanol–water partition coefficient (Wildman–Crippen LogP) is 3.72. The van der Waals surface area contributed by atoms with Crippen LogP contribution in [0.5, 0.6) is 5.75 Å². The third-order valence-electron chi connectivity index (χ3n) is 3.46. The van der Waals surface area contributed by atoms with E-state index < -0.39 is 0 Å². The first-order valence-corrected chi connectivity index (χ1v) is 7.43. The molecule has 112 valence electrons. The van der Waals surface area contributed by atoms with Crippen LogP contribution in [0.1, 0.15) is 18.2 Å². The number of aromatic amines is 1. The lowest BCUT2D eigenvalue weighted by Gasteiger charge is -2.09. The van der Waals surface area contributed by atoms with E-state index in [1.807, 2.05) is 31.2 Å². The fourth-order valence-electron chi connectivity index (χ4n) is 2.26. The van der Waals surface area contributed by atoms with Gasteiger partial charge in [-0.2, -0.15) is 0 Å². The van der Waals surface area contributed by atoms with Gasteiger partial charge in [0.15, 0.2) is 0 Å². The largest absolute Gasteiger partial charge is 0.486 e. The molecule has 0 saturated heterocycles. The molecule has 22 heavy (non-hydrogen) atoms. The van der Waals surface area contributed by atoms with Crippen molar-refractivity contribution in [3.05, 3.63) is 69.2 Å². The molecule has 0 unspecified atom stereocenters. The average molecular weight is 315 g/mol. The van der Waals surface area contributed by atoms with Crippen molar-refractivity contribution in [1.29, 1.82) is 0 Å². The van der Waals surface area contributed by atoms with Gasteiger partial charge < -0.3 is 9.72 Å². The van der Waals surface area contributed by atoms with E-state index in [-0.39, 0.29) is 5.56 Å². The van der Waals surface area contributed by atoms with Gasteiger partial charge >= 0.3 is 0 Å². The summed E-state index contributed by atoms with van der Waals surface area (Å²) in [6.45, 7) is 2.27. The molecule has 2 heterocycles. The van der Waals surface area contributed by atoms with Crippen LogP contribution in [0, 0.1) is 0 Å². The number of benzene rings is 1. The van der Waals surface area contributed by atoms with E-state index in [0.29, 0.717) is 29.3 Å². The van der Waals surface area contributed by atoms with E-state index in [2.05, 4.69) is 9.97 Å². The van der Waals surface area contributed by atoms with Crippen molar-refractivity contribution in [1.82, 2.24) is 9.97 Å². The van der Waals surface area contributed by atoms with Crippen LogP contribution in [-0.4, -0.2) is 9.97 Å². The molecule has 0 aliphatic heterocycles. The average Bonchev–Trinajstić information content (AvgIpc) is 2.54. The van der Waals surface area contributed by atoms with Gasteiger partial charge in [0.05, 0.1) is 16.2 Å². The molecule has 5 heteroatoms. The van der Waals surface area contributed by atoms with Gasteiger partial charge in [-0.15, -0.1) is 0 Å². The molecular weight excluding hydrogens is 300 g/mol. The van der Waals surface area contributed by atoms with Gasteiger partial charge in [0.2, 0.25) is 0 Å². The van der Waals surface area contributed by atoms with Crippen LogP contribution >= 0.6 is 11.6 Å². The van der Waals surface area contributed by atoms with Crippen molar-refractivity contribution in [3.8, 4) is 5.75 Å². The lowest BCUT2D eigenvalue weighted by atomic mass is 10.1. The number of pyridine rings is 2. The summed E-state index contributed by atoms with van der Waals surface area (Å²) < 4.78 is 5.71. The normalized spacial score (nSPS) is 10.8. The Bertz CT molecular complexity index is 860. The van der Waals surface area contributed by atoms with Crippen LogP contribution in [-0.2, 0) is 13.0 Å². The summed E-state index contributed by atoms with van der Waals surface area (Å²) in [5.41, 5.74) is 2.19. The summed E-state index contributed by atoms with van der Waals surface area (Å²) in [4.78, 5) is 19.0. The molecule has 0 bridgehead atoms. The number of aryl methyl sites for hydroxylation is 1.